The van der Waals surface area contributed by atoms with Gasteiger partial charge in [0.25, 0.3) is 0 Å². The smallest absolute Gasteiger partial charge is 0.318 e. The van der Waals surface area contributed by atoms with Crippen LogP contribution in [0, 0.1) is 6.92 Å². The van der Waals surface area contributed by atoms with Gasteiger partial charge in [-0.2, -0.15) is 0 Å². The first-order valence-electron chi connectivity index (χ1n) is 10.7. The van der Waals surface area contributed by atoms with Crippen LogP contribution in [0.1, 0.15) is 35.4 Å². The SMILES string of the molecule is C=CCN(CC(=O)N1CCc2sccc2[C@H]1COc1ccc(C)cc1)C(=O)NCCC. The van der Waals surface area contributed by atoms with E-state index in [4.69, 9.17) is 4.74 Å². The number of hydrogen-bond donors (Lipinski definition) is 1. The Balaban J connectivity index is 1.73. The van der Waals surface area contributed by atoms with E-state index in [1.807, 2.05) is 43.0 Å². The van der Waals surface area contributed by atoms with Crippen molar-refractivity contribution in [1.82, 2.24) is 15.1 Å². The fraction of sp³-hybridized carbons (Fsp3) is 0.417. The summed E-state index contributed by atoms with van der Waals surface area (Å²) in [4.78, 5) is 30.4. The van der Waals surface area contributed by atoms with Gasteiger partial charge in [-0.3, -0.25) is 4.79 Å². The third kappa shape index (κ3) is 5.88. The zero-order valence-corrected chi connectivity index (χ0v) is 19.1. The van der Waals surface area contributed by atoms with Crippen LogP contribution in [0.25, 0.3) is 0 Å². The number of hydrogen-bond acceptors (Lipinski definition) is 4. The van der Waals surface area contributed by atoms with Crippen LogP contribution in [0.5, 0.6) is 5.75 Å². The van der Waals surface area contributed by atoms with Crippen molar-refractivity contribution in [2.75, 3.05) is 32.8 Å². The van der Waals surface area contributed by atoms with Crippen LogP contribution < -0.4 is 10.1 Å². The molecule has 3 rings (SSSR count). The summed E-state index contributed by atoms with van der Waals surface area (Å²) < 4.78 is 6.06. The van der Waals surface area contributed by atoms with Gasteiger partial charge in [-0.1, -0.05) is 30.7 Å². The zero-order chi connectivity index (χ0) is 22.2. The summed E-state index contributed by atoms with van der Waals surface area (Å²) in [6.07, 6.45) is 3.31. The fourth-order valence-electron chi connectivity index (χ4n) is 3.66. The second-order valence-corrected chi connectivity index (χ2v) is 8.68. The molecule has 2 aromatic rings. The first-order chi connectivity index (χ1) is 15.0. The second-order valence-electron chi connectivity index (χ2n) is 7.68. The minimum atomic E-state index is -0.240. The zero-order valence-electron chi connectivity index (χ0n) is 18.3. The van der Waals surface area contributed by atoms with E-state index in [0.717, 1.165) is 24.2 Å². The number of rotatable bonds is 9. The van der Waals surface area contributed by atoms with Crippen molar-refractivity contribution in [2.45, 2.75) is 32.7 Å². The lowest BCUT2D eigenvalue weighted by molar-refractivity contribution is -0.135. The number of amides is 3. The highest BCUT2D eigenvalue weighted by Crippen LogP contribution is 2.34. The molecule has 0 bridgehead atoms. The molecule has 1 N–H and O–H groups in total. The number of ether oxygens (including phenoxy) is 1. The molecule has 0 radical (unpaired) electrons. The van der Waals surface area contributed by atoms with Crippen molar-refractivity contribution in [3.05, 3.63) is 64.4 Å². The van der Waals surface area contributed by atoms with E-state index >= 15 is 0 Å². The molecule has 166 valence electrons. The Kier molecular flexibility index (Phi) is 8.12. The van der Waals surface area contributed by atoms with Crippen LogP contribution in [0.2, 0.25) is 0 Å². The van der Waals surface area contributed by atoms with Gasteiger partial charge in [0, 0.05) is 24.5 Å². The van der Waals surface area contributed by atoms with Crippen molar-refractivity contribution in [3.63, 3.8) is 0 Å². The van der Waals surface area contributed by atoms with Crippen molar-refractivity contribution in [2.24, 2.45) is 0 Å². The Morgan fingerprint density at radius 2 is 2.10 bits per heavy atom. The number of carbonyl (C=O) groups is 2. The molecule has 2 heterocycles. The van der Waals surface area contributed by atoms with Gasteiger partial charge < -0.3 is 19.9 Å². The highest BCUT2D eigenvalue weighted by molar-refractivity contribution is 7.10. The minimum absolute atomic E-state index is 0.0159. The lowest BCUT2D eigenvalue weighted by Gasteiger charge is -2.37. The van der Waals surface area contributed by atoms with E-state index < -0.39 is 0 Å². The molecule has 1 atom stereocenters. The number of nitrogens with zero attached hydrogens (tertiary/aromatic N) is 2. The third-order valence-corrected chi connectivity index (χ3v) is 6.33. The van der Waals surface area contributed by atoms with E-state index in [1.54, 1.807) is 17.4 Å². The maximum absolute atomic E-state index is 13.3. The van der Waals surface area contributed by atoms with Gasteiger partial charge in [0.05, 0.1) is 6.04 Å². The standard InChI is InChI=1S/C24H31N3O3S/c1-4-12-25-24(29)26(13-5-2)16-23(28)27-14-10-22-20(11-15-31-22)21(27)17-30-19-8-6-18(3)7-9-19/h5-9,11,15,21H,2,4,10,12-14,16-17H2,1,3H3,(H,25,29)/t21-/m1/s1. The van der Waals surface area contributed by atoms with Crippen LogP contribution in [0.3, 0.4) is 0 Å². The van der Waals surface area contributed by atoms with Crippen LogP contribution in [0.4, 0.5) is 4.79 Å². The number of urea groups is 1. The molecule has 0 aliphatic carbocycles. The molecule has 3 amide bonds. The molecule has 0 saturated carbocycles. The van der Waals surface area contributed by atoms with E-state index in [0.29, 0.717) is 26.2 Å². The number of fused-ring (bicyclic) bond motifs is 1. The maximum atomic E-state index is 13.3. The lowest BCUT2D eigenvalue weighted by atomic mass is 10.0. The Morgan fingerprint density at radius 1 is 1.32 bits per heavy atom. The van der Waals surface area contributed by atoms with Crippen molar-refractivity contribution >= 4 is 23.3 Å². The predicted octanol–water partition coefficient (Wildman–Crippen LogP) is 4.17. The number of thiophene rings is 1. The first-order valence-corrected chi connectivity index (χ1v) is 11.6. The summed E-state index contributed by atoms with van der Waals surface area (Å²) >= 11 is 1.72. The molecule has 1 aliphatic rings. The number of nitrogens with one attached hydrogen (secondary N) is 1. The molecule has 0 fully saturated rings. The predicted molar refractivity (Wildman–Crippen MR) is 125 cm³/mol. The minimum Gasteiger partial charge on any atom is -0.491 e. The third-order valence-electron chi connectivity index (χ3n) is 5.33. The Hall–Kier alpha value is -2.80. The van der Waals surface area contributed by atoms with E-state index in [2.05, 4.69) is 23.3 Å². The number of carbonyl (C=O) groups excluding carboxylic acids is 2. The normalized spacial score (nSPS) is 15.2. The van der Waals surface area contributed by atoms with Crippen molar-refractivity contribution in [3.8, 4) is 5.75 Å². The molecule has 31 heavy (non-hydrogen) atoms. The molecular formula is C24H31N3O3S. The maximum Gasteiger partial charge on any atom is 0.318 e. The summed E-state index contributed by atoms with van der Waals surface area (Å²) in [6, 6.07) is 9.58. The van der Waals surface area contributed by atoms with Gasteiger partial charge in [0.15, 0.2) is 0 Å². The van der Waals surface area contributed by atoms with E-state index in [-0.39, 0.29) is 24.5 Å². The Bertz CT molecular complexity index is 894. The van der Waals surface area contributed by atoms with E-state index in [1.165, 1.54) is 15.3 Å². The summed E-state index contributed by atoms with van der Waals surface area (Å²) in [7, 11) is 0. The van der Waals surface area contributed by atoms with Crippen LogP contribution in [-0.2, 0) is 11.2 Å². The van der Waals surface area contributed by atoms with Gasteiger partial charge in [0.1, 0.15) is 18.9 Å². The molecule has 1 aliphatic heterocycles. The summed E-state index contributed by atoms with van der Waals surface area (Å²) in [5.74, 6) is 0.704. The summed E-state index contributed by atoms with van der Waals surface area (Å²) in [6.45, 7) is 9.67. The first kappa shape index (κ1) is 22.9. The quantitative estimate of drug-likeness (QED) is 0.594. The second kappa shape index (κ2) is 11.0. The average Bonchev–Trinajstić information content (AvgIpc) is 3.25. The molecule has 6 nitrogen and oxygen atoms in total. The number of aryl methyl sites for hydroxylation is 1. The van der Waals surface area contributed by atoms with Gasteiger partial charge in [-0.25, -0.2) is 4.79 Å². The topological polar surface area (TPSA) is 61.9 Å². The summed E-state index contributed by atoms with van der Waals surface area (Å²) in [5, 5.41) is 4.91. The van der Waals surface area contributed by atoms with Crippen molar-refractivity contribution < 1.29 is 14.3 Å². The highest BCUT2D eigenvalue weighted by atomic mass is 32.1. The molecule has 0 saturated heterocycles. The average molecular weight is 442 g/mol. The number of benzene rings is 1. The lowest BCUT2D eigenvalue weighted by Crippen LogP contribution is -2.50. The van der Waals surface area contributed by atoms with Gasteiger partial charge in [-0.15, -0.1) is 17.9 Å². The monoisotopic (exact) mass is 441 g/mol. The molecule has 0 spiro atoms. The van der Waals surface area contributed by atoms with Crippen LogP contribution in [0.15, 0.2) is 48.4 Å². The summed E-state index contributed by atoms with van der Waals surface area (Å²) in [5.41, 5.74) is 2.31. The van der Waals surface area contributed by atoms with Crippen molar-refractivity contribution in [1.29, 1.82) is 0 Å². The Labute approximate surface area is 188 Å². The molecule has 1 aromatic heterocycles. The Morgan fingerprint density at radius 3 is 2.81 bits per heavy atom. The molecule has 0 unspecified atom stereocenters. The van der Waals surface area contributed by atoms with Crippen LogP contribution >= 0.6 is 11.3 Å². The fourth-order valence-corrected chi connectivity index (χ4v) is 4.59. The molecule has 7 heteroatoms. The molecular weight excluding hydrogens is 410 g/mol. The van der Waals surface area contributed by atoms with Gasteiger partial charge in [0.2, 0.25) is 5.91 Å². The van der Waals surface area contributed by atoms with Crippen LogP contribution in [-0.4, -0.2) is 54.5 Å². The van der Waals surface area contributed by atoms with Gasteiger partial charge in [-0.05, 0) is 48.9 Å². The van der Waals surface area contributed by atoms with Gasteiger partial charge >= 0.3 is 6.03 Å². The van der Waals surface area contributed by atoms with E-state index in [9.17, 15) is 9.59 Å². The highest BCUT2D eigenvalue weighted by Gasteiger charge is 2.33. The molecule has 1 aromatic carbocycles. The largest absolute Gasteiger partial charge is 0.491 e.